The molecule has 3 aromatic rings. The van der Waals surface area contributed by atoms with Crippen LogP contribution in [-0.2, 0) is 11.2 Å². The molecule has 0 spiro atoms. The number of rotatable bonds is 7. The van der Waals surface area contributed by atoms with Gasteiger partial charge in [-0.05, 0) is 68.4 Å². The first kappa shape index (κ1) is 19.5. The lowest BCUT2D eigenvalue weighted by atomic mass is 9.81. The summed E-state index contributed by atoms with van der Waals surface area (Å²) < 4.78 is 5.44. The Morgan fingerprint density at radius 3 is 2.59 bits per heavy atom. The van der Waals surface area contributed by atoms with Gasteiger partial charge in [-0.2, -0.15) is 0 Å². The van der Waals surface area contributed by atoms with Crippen LogP contribution in [0, 0.1) is 5.92 Å². The van der Waals surface area contributed by atoms with Gasteiger partial charge in [0.15, 0.2) is 0 Å². The number of aromatic nitrogens is 2. The number of benzene rings is 2. The minimum Gasteiger partial charge on any atom is -0.494 e. The fraction of sp³-hybridized carbons (Fsp3) is 0.417. The van der Waals surface area contributed by atoms with Crippen molar-refractivity contribution in [2.75, 3.05) is 13.2 Å². The van der Waals surface area contributed by atoms with Crippen molar-refractivity contribution in [3.63, 3.8) is 0 Å². The predicted octanol–water partition coefficient (Wildman–Crippen LogP) is 4.59. The number of H-pyrrole nitrogens is 1. The van der Waals surface area contributed by atoms with E-state index < -0.39 is 0 Å². The van der Waals surface area contributed by atoms with Gasteiger partial charge in [0.1, 0.15) is 11.6 Å². The lowest BCUT2D eigenvalue weighted by Crippen LogP contribution is -2.32. The van der Waals surface area contributed by atoms with E-state index in [2.05, 4.69) is 22.4 Å². The standard InChI is InChI=1S/C24H29N3O2/c1-2-29-20-13-9-17(10-14-20)15-23(28)25-16-18-7-11-19(12-8-18)24-26-21-5-3-4-6-22(21)27-24/h3-6,9-10,13-14,18-19H,2,7-8,11-12,15-16H2,1H3,(H,25,28)(H,26,27). The third kappa shape index (κ3) is 4.97. The van der Waals surface area contributed by atoms with Crippen molar-refractivity contribution in [2.24, 2.45) is 5.92 Å². The van der Waals surface area contributed by atoms with E-state index >= 15 is 0 Å². The van der Waals surface area contributed by atoms with E-state index in [-0.39, 0.29) is 5.91 Å². The third-order valence-electron chi connectivity index (χ3n) is 5.83. The van der Waals surface area contributed by atoms with Gasteiger partial charge >= 0.3 is 0 Å². The smallest absolute Gasteiger partial charge is 0.224 e. The number of hydrogen-bond acceptors (Lipinski definition) is 3. The zero-order chi connectivity index (χ0) is 20.1. The number of imidazole rings is 1. The van der Waals surface area contributed by atoms with Crippen LogP contribution >= 0.6 is 0 Å². The summed E-state index contributed by atoms with van der Waals surface area (Å²) in [5, 5.41) is 3.12. The molecule has 2 aromatic carbocycles. The summed E-state index contributed by atoms with van der Waals surface area (Å²) in [4.78, 5) is 20.5. The molecule has 152 valence electrons. The van der Waals surface area contributed by atoms with E-state index in [0.717, 1.165) is 60.4 Å². The fourth-order valence-corrected chi connectivity index (χ4v) is 4.18. The number of aromatic amines is 1. The molecule has 1 aliphatic carbocycles. The molecule has 5 nitrogen and oxygen atoms in total. The van der Waals surface area contributed by atoms with Crippen molar-refractivity contribution >= 4 is 16.9 Å². The summed E-state index contributed by atoms with van der Waals surface area (Å²) in [6.07, 6.45) is 4.93. The second-order valence-electron chi connectivity index (χ2n) is 7.91. The molecule has 1 amide bonds. The molecule has 1 fully saturated rings. The number of nitrogens with zero attached hydrogens (tertiary/aromatic N) is 1. The molecular weight excluding hydrogens is 362 g/mol. The average molecular weight is 392 g/mol. The van der Waals surface area contributed by atoms with Crippen molar-refractivity contribution in [2.45, 2.75) is 44.9 Å². The van der Waals surface area contributed by atoms with Crippen molar-refractivity contribution in [1.29, 1.82) is 0 Å². The van der Waals surface area contributed by atoms with Crippen molar-refractivity contribution < 1.29 is 9.53 Å². The van der Waals surface area contributed by atoms with Crippen LogP contribution < -0.4 is 10.1 Å². The monoisotopic (exact) mass is 391 g/mol. The molecule has 29 heavy (non-hydrogen) atoms. The Bertz CT molecular complexity index is 907. The number of hydrogen-bond donors (Lipinski definition) is 2. The van der Waals surface area contributed by atoms with E-state index in [0.29, 0.717) is 24.9 Å². The van der Waals surface area contributed by atoms with Gasteiger partial charge in [-0.15, -0.1) is 0 Å². The van der Waals surface area contributed by atoms with E-state index in [9.17, 15) is 4.79 Å². The highest BCUT2D eigenvalue weighted by atomic mass is 16.5. The summed E-state index contributed by atoms with van der Waals surface area (Å²) >= 11 is 0. The second-order valence-corrected chi connectivity index (χ2v) is 7.91. The van der Waals surface area contributed by atoms with E-state index in [1.807, 2.05) is 43.3 Å². The Hall–Kier alpha value is -2.82. The van der Waals surface area contributed by atoms with Gasteiger partial charge in [0.2, 0.25) is 5.91 Å². The maximum Gasteiger partial charge on any atom is 0.224 e. The number of fused-ring (bicyclic) bond motifs is 1. The van der Waals surface area contributed by atoms with Crippen LogP contribution in [0.25, 0.3) is 11.0 Å². The first-order valence-corrected chi connectivity index (χ1v) is 10.6. The Morgan fingerprint density at radius 2 is 1.86 bits per heavy atom. The molecule has 0 atom stereocenters. The van der Waals surface area contributed by atoms with E-state index in [1.54, 1.807) is 0 Å². The molecule has 1 saturated carbocycles. The normalized spacial score (nSPS) is 19.2. The van der Waals surface area contributed by atoms with Crippen LogP contribution in [-0.4, -0.2) is 29.0 Å². The van der Waals surface area contributed by atoms with Crippen molar-refractivity contribution in [1.82, 2.24) is 15.3 Å². The van der Waals surface area contributed by atoms with E-state index in [1.165, 1.54) is 0 Å². The molecule has 5 heteroatoms. The van der Waals surface area contributed by atoms with Gasteiger partial charge in [0.05, 0.1) is 24.1 Å². The Labute approximate surface area is 171 Å². The largest absolute Gasteiger partial charge is 0.494 e. The topological polar surface area (TPSA) is 67.0 Å². The highest BCUT2D eigenvalue weighted by molar-refractivity contribution is 5.78. The molecule has 1 aliphatic rings. The molecule has 0 saturated heterocycles. The SMILES string of the molecule is CCOc1ccc(CC(=O)NCC2CCC(c3nc4ccccc4[nH]3)CC2)cc1. The van der Waals surface area contributed by atoms with Crippen LogP contribution in [0.5, 0.6) is 5.75 Å². The van der Waals surface area contributed by atoms with Crippen LogP contribution in [0.2, 0.25) is 0 Å². The first-order chi connectivity index (χ1) is 14.2. The number of para-hydroxylation sites is 2. The zero-order valence-electron chi connectivity index (χ0n) is 17.0. The van der Waals surface area contributed by atoms with Gasteiger partial charge < -0.3 is 15.0 Å². The summed E-state index contributed by atoms with van der Waals surface area (Å²) in [7, 11) is 0. The van der Waals surface area contributed by atoms with Gasteiger partial charge in [0.25, 0.3) is 0 Å². The summed E-state index contributed by atoms with van der Waals surface area (Å²) in [5.41, 5.74) is 3.18. The van der Waals surface area contributed by atoms with Crippen LogP contribution in [0.4, 0.5) is 0 Å². The zero-order valence-corrected chi connectivity index (χ0v) is 17.0. The quantitative estimate of drug-likeness (QED) is 0.619. The van der Waals surface area contributed by atoms with Gasteiger partial charge in [-0.25, -0.2) is 4.98 Å². The Balaban J connectivity index is 1.21. The predicted molar refractivity (Wildman–Crippen MR) is 115 cm³/mol. The lowest BCUT2D eigenvalue weighted by Gasteiger charge is -2.27. The molecule has 0 radical (unpaired) electrons. The maximum atomic E-state index is 12.3. The maximum absolute atomic E-state index is 12.3. The summed E-state index contributed by atoms with van der Waals surface area (Å²) in [6.45, 7) is 3.38. The number of amides is 1. The van der Waals surface area contributed by atoms with Gasteiger partial charge in [-0.3, -0.25) is 4.79 Å². The molecule has 0 bridgehead atoms. The van der Waals surface area contributed by atoms with Crippen molar-refractivity contribution in [3.8, 4) is 5.75 Å². The van der Waals surface area contributed by atoms with Crippen molar-refractivity contribution in [3.05, 3.63) is 59.9 Å². The minimum atomic E-state index is 0.0913. The first-order valence-electron chi connectivity index (χ1n) is 10.6. The minimum absolute atomic E-state index is 0.0913. The molecule has 0 unspecified atom stereocenters. The second kappa shape index (κ2) is 9.12. The van der Waals surface area contributed by atoms with Gasteiger partial charge in [-0.1, -0.05) is 24.3 Å². The Kier molecular flexibility index (Phi) is 6.13. The molecule has 1 aromatic heterocycles. The molecule has 1 heterocycles. The summed E-state index contributed by atoms with van der Waals surface area (Å²) in [6, 6.07) is 16.0. The van der Waals surface area contributed by atoms with Crippen LogP contribution in [0.3, 0.4) is 0 Å². The highest BCUT2D eigenvalue weighted by Crippen LogP contribution is 2.35. The molecule has 2 N–H and O–H groups in total. The number of nitrogens with one attached hydrogen (secondary N) is 2. The fourth-order valence-electron chi connectivity index (χ4n) is 4.18. The molecule has 0 aliphatic heterocycles. The third-order valence-corrected chi connectivity index (χ3v) is 5.83. The molecular formula is C24H29N3O2. The average Bonchev–Trinajstić information content (AvgIpc) is 3.19. The van der Waals surface area contributed by atoms with Crippen LogP contribution in [0.1, 0.15) is 49.9 Å². The van der Waals surface area contributed by atoms with Crippen LogP contribution in [0.15, 0.2) is 48.5 Å². The van der Waals surface area contributed by atoms with Gasteiger partial charge in [0, 0.05) is 12.5 Å². The molecule has 4 rings (SSSR count). The lowest BCUT2D eigenvalue weighted by molar-refractivity contribution is -0.120. The Morgan fingerprint density at radius 1 is 1.10 bits per heavy atom. The number of carbonyl (C=O) groups excluding carboxylic acids is 1. The van der Waals surface area contributed by atoms with E-state index in [4.69, 9.17) is 9.72 Å². The number of ether oxygens (including phenoxy) is 1. The number of carbonyl (C=O) groups is 1. The highest BCUT2D eigenvalue weighted by Gasteiger charge is 2.24. The summed E-state index contributed by atoms with van der Waals surface area (Å²) in [5.74, 6) is 3.11.